The van der Waals surface area contributed by atoms with E-state index in [1.54, 1.807) is 5.56 Å². The first-order valence-corrected chi connectivity index (χ1v) is 41.3. The highest BCUT2D eigenvalue weighted by molar-refractivity contribution is 5.51. The van der Waals surface area contributed by atoms with Crippen molar-refractivity contribution in [2.24, 2.45) is 0 Å². The molecule has 0 aliphatic carbocycles. The minimum Gasteiger partial charge on any atom is -0.258 e. The van der Waals surface area contributed by atoms with Crippen molar-refractivity contribution in [3.05, 3.63) is 225 Å². The van der Waals surface area contributed by atoms with Crippen molar-refractivity contribution in [2.45, 2.75) is 393 Å². The second-order valence-corrected chi connectivity index (χ2v) is 34.2. The van der Waals surface area contributed by atoms with Crippen LogP contribution in [-0.2, 0) is 0 Å². The highest BCUT2D eigenvalue weighted by atomic mass is 15.1. The lowest BCUT2D eigenvalue weighted by molar-refractivity contribution is 0.759. The van der Waals surface area contributed by atoms with Crippen molar-refractivity contribution in [1.82, 2.24) is 70.5 Å². The summed E-state index contributed by atoms with van der Waals surface area (Å²) in [5.41, 5.74) is 47.5. The Kier molecular flexibility index (Phi) is 41.7. The number of hydrogen-bond acceptors (Lipinski definition) is 14. The van der Waals surface area contributed by atoms with E-state index in [1.165, 1.54) is 134 Å². The summed E-state index contributed by atoms with van der Waals surface area (Å²) < 4.78 is 0. The van der Waals surface area contributed by atoms with Gasteiger partial charge in [-0.15, -0.1) is 0 Å². The SMILES string of the molecule is Cc1c(C)c(C)c(C(C)C)c(C)c1C.Cc1nc(C)c(C(C)C)c(C)c1C.Cc1nc(C)c(C(C)C)c(C)n1.Cc1nc(C)c(C(C)C)nc1C.Cc1nc(C)c(C)c(C(C)C)c1C.Cc1nc(C)c(C)c(C(C)C)n1.Cc1nnc(C(C)C)c(C)c1C.Cc1nnc(C)c(C(C)C)c1C.Cc1nnc(C)c(C(C)C)c1C. The summed E-state index contributed by atoms with van der Waals surface area (Å²) in [7, 11) is 0. The zero-order valence-corrected chi connectivity index (χ0v) is 80.5. The van der Waals surface area contributed by atoms with Gasteiger partial charge in [0, 0.05) is 45.6 Å². The zero-order chi connectivity index (χ0) is 87.2. The van der Waals surface area contributed by atoms with Gasteiger partial charge in [-0.2, -0.15) is 30.6 Å². The molecule has 0 fully saturated rings. The van der Waals surface area contributed by atoms with Crippen LogP contribution in [0.15, 0.2) is 0 Å². The van der Waals surface area contributed by atoms with Crippen LogP contribution in [-0.4, -0.2) is 70.5 Å². The molecule has 9 rings (SSSR count). The molecule has 8 heterocycles. The highest BCUT2D eigenvalue weighted by Gasteiger charge is 2.19. The molecule has 0 saturated heterocycles. The van der Waals surface area contributed by atoms with Crippen molar-refractivity contribution in [3.8, 4) is 0 Å². The number of rotatable bonds is 9. The smallest absolute Gasteiger partial charge is 0.125 e. The molecule has 0 saturated carbocycles. The Labute approximate surface area is 684 Å². The molecular weight excluding hydrogens is 1370 g/mol. The van der Waals surface area contributed by atoms with Gasteiger partial charge >= 0.3 is 0 Å². The average molecular weight is 1530 g/mol. The Morgan fingerprint density at radius 2 is 0.366 bits per heavy atom. The van der Waals surface area contributed by atoms with E-state index < -0.39 is 0 Å². The maximum atomic E-state index is 4.56. The van der Waals surface area contributed by atoms with Gasteiger partial charge in [-0.05, 0) is 379 Å². The van der Waals surface area contributed by atoms with Crippen molar-refractivity contribution >= 4 is 0 Å². The number of pyridine rings is 2. The van der Waals surface area contributed by atoms with Gasteiger partial charge in [0.2, 0.25) is 0 Å². The van der Waals surface area contributed by atoms with E-state index in [-0.39, 0.29) is 0 Å². The lowest BCUT2D eigenvalue weighted by atomic mass is 9.85. The lowest BCUT2D eigenvalue weighted by Gasteiger charge is -2.21. The van der Waals surface area contributed by atoms with Crippen molar-refractivity contribution in [1.29, 1.82) is 0 Å². The van der Waals surface area contributed by atoms with Crippen LogP contribution < -0.4 is 0 Å². The van der Waals surface area contributed by atoms with E-state index in [1.807, 2.05) is 76.2 Å². The minimum atomic E-state index is 0.469. The molecule has 1 aromatic carbocycles. The van der Waals surface area contributed by atoms with Crippen LogP contribution in [0, 0.1) is 215 Å². The molecule has 8 aromatic heterocycles. The minimum absolute atomic E-state index is 0.469. The number of aromatic nitrogens is 14. The second-order valence-electron chi connectivity index (χ2n) is 34.2. The van der Waals surface area contributed by atoms with Crippen LogP contribution in [0.25, 0.3) is 0 Å². The Morgan fingerprint density at radius 1 is 0.125 bits per heavy atom. The average Bonchev–Trinajstić information content (AvgIpc) is 0.794. The summed E-state index contributed by atoms with van der Waals surface area (Å²) in [6.07, 6.45) is 0. The summed E-state index contributed by atoms with van der Waals surface area (Å²) in [6.45, 7) is 104. The second kappa shape index (κ2) is 45.8. The van der Waals surface area contributed by atoms with Crippen LogP contribution in [0.1, 0.15) is 403 Å². The summed E-state index contributed by atoms with van der Waals surface area (Å²) in [5.74, 6) is 6.58. The molecule has 9 aromatic rings. The fourth-order valence-corrected chi connectivity index (χ4v) is 15.2. The molecule has 0 N–H and O–H groups in total. The van der Waals surface area contributed by atoms with Crippen LogP contribution in [0.5, 0.6) is 0 Å². The van der Waals surface area contributed by atoms with Crippen molar-refractivity contribution in [2.75, 3.05) is 0 Å². The van der Waals surface area contributed by atoms with Crippen LogP contribution in [0.2, 0.25) is 0 Å². The predicted molar refractivity (Wildman–Crippen MR) is 481 cm³/mol. The zero-order valence-electron chi connectivity index (χ0n) is 80.5. The highest BCUT2D eigenvalue weighted by Crippen LogP contribution is 2.33. The first kappa shape index (κ1) is 102. The Morgan fingerprint density at radius 3 is 0.732 bits per heavy atom. The van der Waals surface area contributed by atoms with E-state index in [0.717, 1.165) is 85.7 Å². The van der Waals surface area contributed by atoms with Gasteiger partial charge in [-0.1, -0.05) is 125 Å². The van der Waals surface area contributed by atoms with Crippen LogP contribution >= 0.6 is 0 Å². The van der Waals surface area contributed by atoms with E-state index >= 15 is 0 Å². The molecule has 0 amide bonds. The number of benzene rings is 1. The van der Waals surface area contributed by atoms with Gasteiger partial charge in [0.15, 0.2) is 0 Å². The van der Waals surface area contributed by atoms with Crippen LogP contribution in [0.3, 0.4) is 0 Å². The molecule has 0 spiro atoms. The maximum absolute atomic E-state index is 4.56. The Bertz CT molecular complexity index is 4430. The molecule has 0 radical (unpaired) electrons. The van der Waals surface area contributed by atoms with Gasteiger partial charge in [-0.25, -0.2) is 19.9 Å². The summed E-state index contributed by atoms with van der Waals surface area (Å²) in [4.78, 5) is 35.4. The molecule has 0 unspecified atom stereocenters. The normalized spacial score (nSPS) is 10.9. The topological polar surface area (TPSA) is 180 Å². The summed E-state index contributed by atoms with van der Waals surface area (Å²) in [6, 6.07) is 0. The Hall–Kier alpha value is -8.00. The third kappa shape index (κ3) is 28.5. The third-order valence-corrected chi connectivity index (χ3v) is 22.3. The third-order valence-electron chi connectivity index (χ3n) is 22.3. The maximum Gasteiger partial charge on any atom is 0.125 e. The molecule has 0 atom stereocenters. The molecule has 14 nitrogen and oxygen atoms in total. The van der Waals surface area contributed by atoms with Crippen LogP contribution in [0.4, 0.5) is 0 Å². The van der Waals surface area contributed by atoms with Gasteiger partial charge in [-0.3, -0.25) is 19.9 Å². The molecule has 618 valence electrons. The molecule has 0 bridgehead atoms. The number of hydrogen-bond donors (Lipinski definition) is 0. The summed E-state index contributed by atoms with van der Waals surface area (Å²) >= 11 is 0. The molecule has 112 heavy (non-hydrogen) atoms. The van der Waals surface area contributed by atoms with E-state index in [4.69, 9.17) is 0 Å². The lowest BCUT2D eigenvalue weighted by Crippen LogP contribution is -2.04. The van der Waals surface area contributed by atoms with Gasteiger partial charge < -0.3 is 0 Å². The van der Waals surface area contributed by atoms with E-state index in [9.17, 15) is 0 Å². The van der Waals surface area contributed by atoms with E-state index in [0.29, 0.717) is 53.3 Å². The predicted octanol–water partition coefficient (Wildman–Crippen LogP) is 26.4. The summed E-state index contributed by atoms with van der Waals surface area (Å²) in [5, 5.41) is 24.7. The van der Waals surface area contributed by atoms with E-state index in [2.05, 4.69) is 334 Å². The molecule has 14 heteroatoms. The molecule has 0 aliphatic rings. The fourth-order valence-electron chi connectivity index (χ4n) is 15.2. The first-order chi connectivity index (χ1) is 51.4. The van der Waals surface area contributed by atoms with Gasteiger partial charge in [0.25, 0.3) is 0 Å². The monoisotopic (exact) mass is 1530 g/mol. The Balaban J connectivity index is 0.000000630. The largest absolute Gasteiger partial charge is 0.258 e. The van der Waals surface area contributed by atoms with Crippen molar-refractivity contribution in [3.63, 3.8) is 0 Å². The van der Waals surface area contributed by atoms with Crippen molar-refractivity contribution < 1.29 is 0 Å². The standard InChI is InChI=1S/C14H22.2C12H19N.6C10H16N2/c1-8(2)14-12(6)10(4)9(3)11(5)13(14)7;1-7(2)12-8(3)10(5)13-11(6)9(12)4;1-7(2)12-9(4)8(3)10(5)13-11(12)6;1-6(2)10-7(3)11-9(5)12-8(10)4;1-6(2)10-9(5)11-7(3)8(4)12-10;1-6(2)10-7(3)8(4)11-9(5)12-10;2*1-6(2)10-7(3)8(4)11-12-9(10)5;1-6(2)10-8(4)7(3)9(5)11-12-10/h8H,1-7H3;2*7H,1-6H3;6*6H,1-5H3. The number of aryl methyl sites for hydroxylation is 17. The molecular formula is C98H156N14. The first-order valence-electron chi connectivity index (χ1n) is 41.3. The van der Waals surface area contributed by atoms with Gasteiger partial charge in [0.1, 0.15) is 11.6 Å². The number of nitrogens with zero attached hydrogens (tertiary/aromatic N) is 14. The molecule has 0 aliphatic heterocycles. The van der Waals surface area contributed by atoms with Gasteiger partial charge in [0.05, 0.1) is 56.9 Å². The quantitative estimate of drug-likeness (QED) is 0.133. The fraction of sp³-hybridized carbons (Fsp3) is 0.592.